The zero-order chi connectivity index (χ0) is 24.0. The lowest BCUT2D eigenvalue weighted by molar-refractivity contribution is -0.120. The van der Waals surface area contributed by atoms with Crippen LogP contribution in [0.4, 0.5) is 5.69 Å². The van der Waals surface area contributed by atoms with Crippen LogP contribution in [-0.2, 0) is 21.2 Å². The molecule has 3 aromatic rings. The van der Waals surface area contributed by atoms with Crippen molar-refractivity contribution in [3.8, 4) is 11.1 Å². The monoisotopic (exact) mass is 477 g/mol. The van der Waals surface area contributed by atoms with Gasteiger partial charge in [0.25, 0.3) is 0 Å². The fourth-order valence-corrected chi connectivity index (χ4v) is 5.53. The summed E-state index contributed by atoms with van der Waals surface area (Å²) in [6.07, 6.45) is 0.226. The molecule has 3 aromatic carbocycles. The molecular weight excluding hydrogens is 446 g/mol. The lowest BCUT2D eigenvalue weighted by atomic mass is 10.0. The number of nitrogens with zero attached hydrogens (tertiary/aromatic N) is 2. The summed E-state index contributed by atoms with van der Waals surface area (Å²) < 4.78 is 27.0. The Morgan fingerprint density at radius 2 is 1.53 bits per heavy atom. The van der Waals surface area contributed by atoms with Crippen molar-refractivity contribution in [2.24, 2.45) is 0 Å². The first-order chi connectivity index (χ1) is 16.4. The van der Waals surface area contributed by atoms with Gasteiger partial charge in [-0.15, -0.1) is 0 Å². The molecule has 0 unspecified atom stereocenters. The SMILES string of the molecule is Cc1cccc(N2CCN(S(=O)(=O)CCNC(=O)Cc3ccc(-c4ccccc4)cc3)CC2)c1. The van der Waals surface area contributed by atoms with Crippen molar-refractivity contribution < 1.29 is 13.2 Å². The number of piperazine rings is 1. The van der Waals surface area contributed by atoms with Crippen molar-refractivity contribution in [1.82, 2.24) is 9.62 Å². The van der Waals surface area contributed by atoms with E-state index in [0.717, 1.165) is 22.4 Å². The van der Waals surface area contributed by atoms with Crippen LogP contribution in [0.5, 0.6) is 0 Å². The highest BCUT2D eigenvalue weighted by Crippen LogP contribution is 2.20. The van der Waals surface area contributed by atoms with E-state index < -0.39 is 10.0 Å². The van der Waals surface area contributed by atoms with Gasteiger partial charge >= 0.3 is 0 Å². The van der Waals surface area contributed by atoms with Crippen LogP contribution in [0.3, 0.4) is 0 Å². The van der Waals surface area contributed by atoms with E-state index in [2.05, 4.69) is 35.3 Å². The van der Waals surface area contributed by atoms with Gasteiger partial charge in [0.1, 0.15) is 0 Å². The topological polar surface area (TPSA) is 69.7 Å². The predicted octanol–water partition coefficient (Wildman–Crippen LogP) is 3.47. The molecule has 178 valence electrons. The van der Waals surface area contributed by atoms with Crippen LogP contribution in [-0.4, -0.2) is 57.1 Å². The standard InChI is InChI=1S/C27H31N3O3S/c1-22-6-5-9-26(20-22)29-15-17-30(18-16-29)34(32,33)19-14-28-27(31)21-23-10-12-25(13-11-23)24-7-3-2-4-8-24/h2-13,20H,14-19,21H2,1H3,(H,28,31). The molecule has 4 rings (SSSR count). The van der Waals surface area contributed by atoms with Gasteiger partial charge in [0, 0.05) is 38.4 Å². The first kappa shape index (κ1) is 24.0. The summed E-state index contributed by atoms with van der Waals surface area (Å²) in [7, 11) is -3.41. The zero-order valence-electron chi connectivity index (χ0n) is 19.5. The van der Waals surface area contributed by atoms with Crippen LogP contribution < -0.4 is 10.2 Å². The number of nitrogens with one attached hydrogen (secondary N) is 1. The van der Waals surface area contributed by atoms with Crippen molar-refractivity contribution in [3.63, 3.8) is 0 Å². The summed E-state index contributed by atoms with van der Waals surface area (Å²) in [5.74, 6) is -0.261. The summed E-state index contributed by atoms with van der Waals surface area (Å²) >= 11 is 0. The molecule has 0 spiro atoms. The first-order valence-electron chi connectivity index (χ1n) is 11.6. The zero-order valence-corrected chi connectivity index (χ0v) is 20.3. The van der Waals surface area contributed by atoms with Gasteiger partial charge in [0.05, 0.1) is 12.2 Å². The smallest absolute Gasteiger partial charge is 0.224 e. The Morgan fingerprint density at radius 1 is 0.853 bits per heavy atom. The van der Waals surface area contributed by atoms with Crippen LogP contribution in [0.1, 0.15) is 11.1 Å². The minimum atomic E-state index is -3.41. The molecule has 1 amide bonds. The molecule has 1 saturated heterocycles. The van der Waals surface area contributed by atoms with Crippen LogP contribution in [0.25, 0.3) is 11.1 Å². The number of aryl methyl sites for hydroxylation is 1. The average Bonchev–Trinajstić information content (AvgIpc) is 2.85. The van der Waals surface area contributed by atoms with Gasteiger partial charge in [-0.1, -0.05) is 66.7 Å². The van der Waals surface area contributed by atoms with Gasteiger partial charge in [-0.25, -0.2) is 8.42 Å². The van der Waals surface area contributed by atoms with Gasteiger partial charge in [-0.05, 0) is 41.3 Å². The summed E-state index contributed by atoms with van der Waals surface area (Å²) in [6.45, 7) is 4.40. The third-order valence-electron chi connectivity index (χ3n) is 6.11. The maximum atomic E-state index is 12.8. The van der Waals surface area contributed by atoms with Gasteiger partial charge in [-0.3, -0.25) is 4.79 Å². The van der Waals surface area contributed by atoms with E-state index in [1.54, 1.807) is 0 Å². The van der Waals surface area contributed by atoms with Crippen molar-refractivity contribution >= 4 is 21.6 Å². The Hall–Kier alpha value is -3.16. The number of hydrogen-bond donors (Lipinski definition) is 1. The van der Waals surface area contributed by atoms with Crippen molar-refractivity contribution in [2.45, 2.75) is 13.3 Å². The van der Waals surface area contributed by atoms with Gasteiger partial charge < -0.3 is 10.2 Å². The quantitative estimate of drug-likeness (QED) is 0.539. The number of amides is 1. The Labute approximate surface area is 202 Å². The third-order valence-corrected chi connectivity index (χ3v) is 7.98. The number of carbonyl (C=O) groups is 1. The van der Waals surface area contributed by atoms with Gasteiger partial charge in [-0.2, -0.15) is 4.31 Å². The molecule has 0 saturated carbocycles. The van der Waals surface area contributed by atoms with Crippen molar-refractivity contribution in [2.75, 3.05) is 43.4 Å². The molecule has 0 aliphatic carbocycles. The molecule has 0 bridgehead atoms. The van der Waals surface area contributed by atoms with E-state index in [1.807, 2.05) is 60.7 Å². The molecule has 7 heteroatoms. The second-order valence-corrected chi connectivity index (χ2v) is 10.7. The molecule has 0 aromatic heterocycles. The van der Waals surface area contributed by atoms with E-state index in [4.69, 9.17) is 0 Å². The van der Waals surface area contributed by atoms with Crippen molar-refractivity contribution in [1.29, 1.82) is 0 Å². The first-order valence-corrected chi connectivity index (χ1v) is 13.2. The molecule has 6 nitrogen and oxygen atoms in total. The van der Waals surface area contributed by atoms with E-state index in [0.29, 0.717) is 26.2 Å². The lowest BCUT2D eigenvalue weighted by Crippen LogP contribution is -2.50. The van der Waals surface area contributed by atoms with Gasteiger partial charge in [0.15, 0.2) is 0 Å². The Balaban J connectivity index is 1.22. The number of hydrogen-bond acceptors (Lipinski definition) is 4. The number of carbonyl (C=O) groups excluding carboxylic acids is 1. The number of benzene rings is 3. The third kappa shape index (κ3) is 6.24. The fourth-order valence-electron chi connectivity index (χ4n) is 4.19. The number of rotatable bonds is 8. The Bertz CT molecular complexity index is 1200. The second-order valence-electron chi connectivity index (χ2n) is 8.63. The molecule has 34 heavy (non-hydrogen) atoms. The molecule has 0 atom stereocenters. The molecule has 1 heterocycles. The average molecular weight is 478 g/mol. The maximum Gasteiger partial charge on any atom is 0.224 e. The van der Waals surface area contributed by atoms with E-state index in [1.165, 1.54) is 9.87 Å². The normalized spacial score (nSPS) is 14.7. The van der Waals surface area contributed by atoms with Crippen LogP contribution in [0.2, 0.25) is 0 Å². The number of anilines is 1. The highest BCUT2D eigenvalue weighted by Gasteiger charge is 2.26. The highest BCUT2D eigenvalue weighted by atomic mass is 32.2. The summed E-state index contributed by atoms with van der Waals surface area (Å²) in [5, 5.41) is 2.76. The largest absolute Gasteiger partial charge is 0.369 e. The minimum absolute atomic E-state index is 0.0872. The molecule has 1 aliphatic heterocycles. The Kier molecular flexibility index (Phi) is 7.65. The molecule has 1 aliphatic rings. The predicted molar refractivity (Wildman–Crippen MR) is 137 cm³/mol. The van der Waals surface area contributed by atoms with Crippen LogP contribution in [0.15, 0.2) is 78.9 Å². The summed E-state index contributed by atoms with van der Waals surface area (Å²) in [6, 6.07) is 26.2. The Morgan fingerprint density at radius 3 is 2.21 bits per heavy atom. The summed E-state index contributed by atoms with van der Waals surface area (Å²) in [4.78, 5) is 14.5. The molecular formula is C27H31N3O3S. The number of sulfonamides is 1. The second kappa shape index (κ2) is 10.8. The maximum absolute atomic E-state index is 12.8. The summed E-state index contributed by atoms with van der Waals surface area (Å²) in [5.41, 5.74) is 5.44. The molecule has 0 radical (unpaired) electrons. The fraction of sp³-hybridized carbons (Fsp3) is 0.296. The molecule has 1 N–H and O–H groups in total. The highest BCUT2D eigenvalue weighted by molar-refractivity contribution is 7.89. The molecule has 1 fully saturated rings. The van der Waals surface area contributed by atoms with Crippen molar-refractivity contribution in [3.05, 3.63) is 90.0 Å². The van der Waals surface area contributed by atoms with E-state index >= 15 is 0 Å². The van der Waals surface area contributed by atoms with E-state index in [9.17, 15) is 13.2 Å². The van der Waals surface area contributed by atoms with E-state index in [-0.39, 0.29) is 24.6 Å². The lowest BCUT2D eigenvalue weighted by Gasteiger charge is -2.35. The van der Waals surface area contributed by atoms with Crippen LogP contribution in [0, 0.1) is 6.92 Å². The minimum Gasteiger partial charge on any atom is -0.369 e. The van der Waals surface area contributed by atoms with Crippen LogP contribution >= 0.6 is 0 Å². The van der Waals surface area contributed by atoms with Gasteiger partial charge in [0.2, 0.25) is 15.9 Å².